The molecule has 0 unspecified atom stereocenters. The van der Waals surface area contributed by atoms with Crippen molar-refractivity contribution >= 4 is 17.2 Å². The van der Waals surface area contributed by atoms with Crippen molar-refractivity contribution < 1.29 is 4.39 Å². The number of fused-ring (bicyclic) bond motifs is 1. The van der Waals surface area contributed by atoms with E-state index in [1.807, 2.05) is 32.2 Å². The third kappa shape index (κ3) is 3.30. The second kappa shape index (κ2) is 7.19. The fourth-order valence-corrected chi connectivity index (χ4v) is 3.96. The summed E-state index contributed by atoms with van der Waals surface area (Å²) >= 11 is 0. The Balaban J connectivity index is 1.73. The van der Waals surface area contributed by atoms with E-state index in [9.17, 15) is 4.39 Å². The van der Waals surface area contributed by atoms with Gasteiger partial charge in [-0.05, 0) is 56.0 Å². The van der Waals surface area contributed by atoms with Crippen LogP contribution in [0.3, 0.4) is 0 Å². The summed E-state index contributed by atoms with van der Waals surface area (Å²) in [4.78, 5) is 7.07. The van der Waals surface area contributed by atoms with Crippen molar-refractivity contribution in [3.05, 3.63) is 71.3 Å². The van der Waals surface area contributed by atoms with Gasteiger partial charge in [0.25, 0.3) is 0 Å². The molecule has 5 nitrogen and oxygen atoms in total. The summed E-state index contributed by atoms with van der Waals surface area (Å²) in [7, 11) is 0. The topological polar surface area (TPSA) is 57.3 Å². The predicted molar refractivity (Wildman–Crippen MR) is 110 cm³/mol. The van der Waals surface area contributed by atoms with Gasteiger partial charge < -0.3 is 10.3 Å². The Morgan fingerprint density at radius 2 is 2.18 bits per heavy atom. The molecule has 0 radical (unpaired) electrons. The molecule has 0 spiro atoms. The molecule has 1 N–H and O–H groups in total. The Morgan fingerprint density at radius 1 is 1.36 bits per heavy atom. The van der Waals surface area contributed by atoms with Gasteiger partial charge in [-0.25, -0.2) is 13.9 Å². The number of anilines is 1. The standard InChI is InChI=1S/C22H24FN5/c1-14(2)11-19(24)18-13-25-28-10-8-21(26-22(18)28)27-9-4-5-20(27)17-12-16(23)7-6-15(17)3/h6-8,10,12-13,20,24H,1,4-5,9,11H2,2-3H3/t20-/m1/s1. The van der Waals surface area contributed by atoms with E-state index in [4.69, 9.17) is 10.4 Å². The molecule has 6 heteroatoms. The maximum atomic E-state index is 13.9. The van der Waals surface area contributed by atoms with E-state index in [2.05, 4.69) is 16.6 Å². The van der Waals surface area contributed by atoms with Crippen LogP contribution in [0, 0.1) is 18.2 Å². The first-order valence-corrected chi connectivity index (χ1v) is 9.53. The highest BCUT2D eigenvalue weighted by molar-refractivity contribution is 6.04. The minimum absolute atomic E-state index is 0.104. The summed E-state index contributed by atoms with van der Waals surface area (Å²) in [6.07, 6.45) is 6.07. The van der Waals surface area contributed by atoms with E-state index >= 15 is 0 Å². The molecule has 1 atom stereocenters. The van der Waals surface area contributed by atoms with Crippen molar-refractivity contribution in [2.24, 2.45) is 0 Å². The third-order valence-electron chi connectivity index (χ3n) is 5.31. The zero-order valence-electron chi connectivity index (χ0n) is 16.2. The van der Waals surface area contributed by atoms with Crippen LogP contribution in [0.5, 0.6) is 0 Å². The molecule has 0 amide bonds. The van der Waals surface area contributed by atoms with Crippen LogP contribution >= 0.6 is 0 Å². The smallest absolute Gasteiger partial charge is 0.166 e. The second-order valence-corrected chi connectivity index (χ2v) is 7.58. The summed E-state index contributed by atoms with van der Waals surface area (Å²) < 4.78 is 15.6. The highest BCUT2D eigenvalue weighted by atomic mass is 19.1. The number of hydrogen-bond acceptors (Lipinski definition) is 4. The zero-order chi connectivity index (χ0) is 19.8. The Hall–Kier alpha value is -3.02. The first-order chi connectivity index (χ1) is 13.4. The molecular weight excluding hydrogens is 353 g/mol. The van der Waals surface area contributed by atoms with Crippen LogP contribution in [0.15, 0.2) is 48.8 Å². The van der Waals surface area contributed by atoms with E-state index in [-0.39, 0.29) is 11.9 Å². The molecule has 3 heterocycles. The van der Waals surface area contributed by atoms with Crippen LogP contribution in [-0.4, -0.2) is 26.9 Å². The van der Waals surface area contributed by atoms with Gasteiger partial charge in [0, 0.05) is 24.9 Å². The fraction of sp³-hybridized carbons (Fsp3) is 0.318. The summed E-state index contributed by atoms with van der Waals surface area (Å²) in [5.74, 6) is 0.630. The van der Waals surface area contributed by atoms with Gasteiger partial charge in [0.2, 0.25) is 0 Å². The molecule has 1 aliphatic heterocycles. The average molecular weight is 377 g/mol. The molecule has 0 aliphatic carbocycles. The van der Waals surface area contributed by atoms with Crippen molar-refractivity contribution in [2.75, 3.05) is 11.4 Å². The number of allylic oxidation sites excluding steroid dienone is 1. The SMILES string of the molecule is C=C(C)CC(=N)c1cnn2ccc(N3CCC[C@@H]3c3cc(F)ccc3C)nc12. The molecule has 144 valence electrons. The summed E-state index contributed by atoms with van der Waals surface area (Å²) in [5, 5.41) is 12.7. The van der Waals surface area contributed by atoms with Crippen LogP contribution in [0.4, 0.5) is 10.2 Å². The van der Waals surface area contributed by atoms with Gasteiger partial charge >= 0.3 is 0 Å². The quantitative estimate of drug-likeness (QED) is 0.511. The van der Waals surface area contributed by atoms with Gasteiger partial charge in [-0.2, -0.15) is 5.10 Å². The van der Waals surface area contributed by atoms with Crippen LogP contribution in [0.1, 0.15) is 48.9 Å². The van der Waals surface area contributed by atoms with Gasteiger partial charge in [-0.1, -0.05) is 18.2 Å². The van der Waals surface area contributed by atoms with Gasteiger partial charge in [-0.15, -0.1) is 0 Å². The fourth-order valence-electron chi connectivity index (χ4n) is 3.96. The largest absolute Gasteiger partial charge is 0.349 e. The molecular formula is C22H24FN5. The molecule has 1 aliphatic rings. The van der Waals surface area contributed by atoms with Gasteiger partial charge in [0.05, 0.1) is 17.8 Å². The monoisotopic (exact) mass is 377 g/mol. The highest BCUT2D eigenvalue weighted by Crippen LogP contribution is 2.37. The van der Waals surface area contributed by atoms with E-state index < -0.39 is 0 Å². The maximum absolute atomic E-state index is 13.9. The van der Waals surface area contributed by atoms with Crippen molar-refractivity contribution in [3.8, 4) is 0 Å². The maximum Gasteiger partial charge on any atom is 0.166 e. The first-order valence-electron chi connectivity index (χ1n) is 9.53. The van der Waals surface area contributed by atoms with E-state index in [1.54, 1.807) is 16.8 Å². The van der Waals surface area contributed by atoms with Crippen molar-refractivity contribution in [3.63, 3.8) is 0 Å². The molecule has 3 aromatic rings. The van der Waals surface area contributed by atoms with E-state index in [0.717, 1.165) is 47.5 Å². The molecule has 0 bridgehead atoms. The number of halogens is 1. The van der Waals surface area contributed by atoms with Crippen LogP contribution in [-0.2, 0) is 0 Å². The molecule has 1 saturated heterocycles. The van der Waals surface area contributed by atoms with Crippen molar-refractivity contribution in [1.82, 2.24) is 14.6 Å². The molecule has 0 saturated carbocycles. The van der Waals surface area contributed by atoms with Crippen LogP contribution < -0.4 is 4.90 Å². The van der Waals surface area contributed by atoms with E-state index in [0.29, 0.717) is 17.8 Å². The molecule has 1 fully saturated rings. The molecule has 28 heavy (non-hydrogen) atoms. The zero-order valence-corrected chi connectivity index (χ0v) is 16.2. The average Bonchev–Trinajstić information content (AvgIpc) is 3.29. The summed E-state index contributed by atoms with van der Waals surface area (Å²) in [5.41, 5.74) is 4.90. The lowest BCUT2D eigenvalue weighted by molar-refractivity contribution is 0.616. The highest BCUT2D eigenvalue weighted by Gasteiger charge is 2.29. The van der Waals surface area contributed by atoms with Gasteiger partial charge in [0.1, 0.15) is 11.6 Å². The van der Waals surface area contributed by atoms with Crippen LogP contribution in [0.2, 0.25) is 0 Å². The van der Waals surface area contributed by atoms with Gasteiger partial charge in [-0.3, -0.25) is 0 Å². The van der Waals surface area contributed by atoms with Crippen molar-refractivity contribution in [2.45, 2.75) is 39.2 Å². The molecule has 1 aromatic carbocycles. The minimum atomic E-state index is -0.206. The van der Waals surface area contributed by atoms with Gasteiger partial charge in [0.15, 0.2) is 5.65 Å². The lowest BCUT2D eigenvalue weighted by Gasteiger charge is -2.27. The Morgan fingerprint density at radius 3 is 2.96 bits per heavy atom. The number of hydrogen-bond donors (Lipinski definition) is 1. The first kappa shape index (κ1) is 18.3. The summed E-state index contributed by atoms with van der Waals surface area (Å²) in [6, 6.07) is 7.04. The number of benzene rings is 1. The van der Waals surface area contributed by atoms with Crippen LogP contribution in [0.25, 0.3) is 5.65 Å². The minimum Gasteiger partial charge on any atom is -0.349 e. The lowest BCUT2D eigenvalue weighted by Crippen LogP contribution is -2.24. The number of rotatable bonds is 5. The lowest BCUT2D eigenvalue weighted by atomic mass is 9.99. The normalized spacial score (nSPS) is 16.7. The second-order valence-electron chi connectivity index (χ2n) is 7.58. The number of aryl methyl sites for hydroxylation is 1. The number of nitrogens with one attached hydrogen (secondary N) is 1. The molecule has 2 aromatic heterocycles. The Bertz CT molecular complexity index is 1070. The predicted octanol–water partition coefficient (Wildman–Crippen LogP) is 4.85. The summed E-state index contributed by atoms with van der Waals surface area (Å²) in [6.45, 7) is 8.70. The number of nitrogens with zero attached hydrogens (tertiary/aromatic N) is 4. The Kier molecular flexibility index (Phi) is 4.71. The van der Waals surface area contributed by atoms with E-state index in [1.165, 1.54) is 6.07 Å². The number of aromatic nitrogens is 3. The van der Waals surface area contributed by atoms with Crippen molar-refractivity contribution in [1.29, 1.82) is 5.41 Å². The third-order valence-corrected chi connectivity index (χ3v) is 5.31. The molecule has 4 rings (SSSR count). The Labute approximate surface area is 164 Å².